The summed E-state index contributed by atoms with van der Waals surface area (Å²) in [5.41, 5.74) is 0.587. The van der Waals surface area contributed by atoms with Crippen LogP contribution in [0, 0.1) is 10.1 Å². The molecule has 0 aliphatic heterocycles. The third kappa shape index (κ3) is 3.62. The molecule has 1 rings (SSSR count). The van der Waals surface area contributed by atoms with Crippen LogP contribution in [0.4, 0.5) is 11.4 Å². The molecule has 1 N–H and O–H groups in total. The summed E-state index contributed by atoms with van der Waals surface area (Å²) in [6.07, 6.45) is 2.00. The Morgan fingerprint density at radius 1 is 1.53 bits per heavy atom. The highest BCUT2D eigenvalue weighted by atomic mass is 16.6. The first-order valence-corrected chi connectivity index (χ1v) is 5.67. The summed E-state index contributed by atoms with van der Waals surface area (Å²) in [5.74, 6) is 0.613. The maximum Gasteiger partial charge on any atom is 0.292 e. The first-order valence-electron chi connectivity index (χ1n) is 5.67. The van der Waals surface area contributed by atoms with Gasteiger partial charge >= 0.3 is 0 Å². The van der Waals surface area contributed by atoms with E-state index < -0.39 is 0 Å². The van der Waals surface area contributed by atoms with Gasteiger partial charge in [0.15, 0.2) is 0 Å². The summed E-state index contributed by atoms with van der Waals surface area (Å²) in [6.45, 7) is 4.09. The maximum atomic E-state index is 10.9. The Morgan fingerprint density at radius 3 is 2.76 bits per heavy atom. The predicted molar refractivity (Wildman–Crippen MR) is 67.6 cm³/mol. The van der Waals surface area contributed by atoms with E-state index in [1.807, 2.05) is 6.92 Å². The number of nitro groups is 1. The van der Waals surface area contributed by atoms with Crippen molar-refractivity contribution in [2.75, 3.05) is 12.4 Å². The summed E-state index contributed by atoms with van der Waals surface area (Å²) in [5, 5.41) is 14.0. The molecule has 1 aromatic rings. The second kappa shape index (κ2) is 6.08. The van der Waals surface area contributed by atoms with Gasteiger partial charge in [0.2, 0.25) is 0 Å². The van der Waals surface area contributed by atoms with Crippen LogP contribution < -0.4 is 10.1 Å². The summed E-state index contributed by atoms with van der Waals surface area (Å²) in [7, 11) is 1.54. The second-order valence-corrected chi connectivity index (χ2v) is 3.97. The van der Waals surface area contributed by atoms with Crippen molar-refractivity contribution in [2.45, 2.75) is 32.7 Å². The van der Waals surface area contributed by atoms with Crippen molar-refractivity contribution in [1.82, 2.24) is 0 Å². The van der Waals surface area contributed by atoms with Crippen LogP contribution in [0.25, 0.3) is 0 Å². The van der Waals surface area contributed by atoms with Gasteiger partial charge in [-0.15, -0.1) is 0 Å². The third-order valence-corrected chi connectivity index (χ3v) is 2.52. The normalized spacial score (nSPS) is 11.9. The van der Waals surface area contributed by atoms with Crippen molar-refractivity contribution >= 4 is 11.4 Å². The molecule has 1 unspecified atom stereocenters. The first-order chi connectivity index (χ1) is 8.08. The Morgan fingerprint density at radius 2 is 2.24 bits per heavy atom. The number of anilines is 1. The molecule has 0 saturated carbocycles. The van der Waals surface area contributed by atoms with E-state index in [9.17, 15) is 10.1 Å². The fraction of sp³-hybridized carbons (Fsp3) is 0.500. The van der Waals surface area contributed by atoms with Crippen LogP contribution in [0.2, 0.25) is 0 Å². The topological polar surface area (TPSA) is 64.4 Å². The molecular formula is C12H18N2O3. The fourth-order valence-electron chi connectivity index (χ4n) is 1.69. The standard InChI is InChI=1S/C12H18N2O3/c1-4-5-9(2)13-11-8-10(17-3)6-7-12(11)14(15)16/h6-9,13H,4-5H2,1-3H3. The molecule has 0 aliphatic rings. The molecule has 0 radical (unpaired) electrons. The number of rotatable bonds is 6. The lowest BCUT2D eigenvalue weighted by Crippen LogP contribution is -2.15. The van der Waals surface area contributed by atoms with Gasteiger partial charge in [0.05, 0.1) is 12.0 Å². The Hall–Kier alpha value is -1.78. The number of methoxy groups -OCH3 is 1. The summed E-state index contributed by atoms with van der Waals surface area (Å²) >= 11 is 0. The Bertz CT molecular complexity index is 393. The van der Waals surface area contributed by atoms with E-state index in [0.717, 1.165) is 12.8 Å². The molecule has 0 aliphatic carbocycles. The summed E-state index contributed by atoms with van der Waals surface area (Å²) in [6, 6.07) is 4.91. The molecule has 5 nitrogen and oxygen atoms in total. The highest BCUT2D eigenvalue weighted by Crippen LogP contribution is 2.29. The molecule has 1 aromatic carbocycles. The number of nitrogens with zero attached hydrogens (tertiary/aromatic N) is 1. The lowest BCUT2D eigenvalue weighted by atomic mass is 10.1. The van der Waals surface area contributed by atoms with Gasteiger partial charge in [-0.2, -0.15) is 0 Å². The van der Waals surface area contributed by atoms with Crippen LogP contribution in [0.3, 0.4) is 0 Å². The van der Waals surface area contributed by atoms with Gasteiger partial charge in [0.1, 0.15) is 11.4 Å². The number of benzene rings is 1. The molecule has 0 amide bonds. The van der Waals surface area contributed by atoms with E-state index in [1.165, 1.54) is 6.07 Å². The lowest BCUT2D eigenvalue weighted by Gasteiger charge is -2.14. The molecule has 0 spiro atoms. The smallest absolute Gasteiger partial charge is 0.292 e. The number of nitro benzene ring substituents is 1. The van der Waals surface area contributed by atoms with Crippen molar-refractivity contribution < 1.29 is 9.66 Å². The van der Waals surface area contributed by atoms with Gasteiger partial charge < -0.3 is 10.1 Å². The number of ether oxygens (including phenoxy) is 1. The molecule has 0 bridgehead atoms. The molecule has 0 heterocycles. The zero-order chi connectivity index (χ0) is 12.8. The fourth-order valence-corrected chi connectivity index (χ4v) is 1.69. The van der Waals surface area contributed by atoms with E-state index in [1.54, 1.807) is 19.2 Å². The molecule has 0 aromatic heterocycles. The minimum absolute atomic E-state index is 0.0775. The van der Waals surface area contributed by atoms with Crippen LogP contribution in [0.5, 0.6) is 5.75 Å². The summed E-state index contributed by atoms with van der Waals surface area (Å²) < 4.78 is 5.07. The largest absolute Gasteiger partial charge is 0.497 e. The van der Waals surface area contributed by atoms with Gasteiger partial charge in [0, 0.05) is 18.2 Å². The summed E-state index contributed by atoms with van der Waals surface area (Å²) in [4.78, 5) is 10.5. The van der Waals surface area contributed by atoms with E-state index in [-0.39, 0.29) is 16.7 Å². The van der Waals surface area contributed by atoms with E-state index in [2.05, 4.69) is 12.2 Å². The predicted octanol–water partition coefficient (Wildman–Crippen LogP) is 3.20. The van der Waals surface area contributed by atoms with Crippen molar-refractivity contribution in [3.63, 3.8) is 0 Å². The zero-order valence-electron chi connectivity index (χ0n) is 10.4. The highest BCUT2D eigenvalue weighted by Gasteiger charge is 2.15. The lowest BCUT2D eigenvalue weighted by molar-refractivity contribution is -0.384. The number of nitrogens with one attached hydrogen (secondary N) is 1. The van der Waals surface area contributed by atoms with Crippen LogP contribution in [-0.4, -0.2) is 18.1 Å². The Labute approximate surface area is 101 Å². The monoisotopic (exact) mass is 238 g/mol. The minimum Gasteiger partial charge on any atom is -0.497 e. The molecule has 5 heteroatoms. The molecule has 0 saturated heterocycles. The molecule has 94 valence electrons. The van der Waals surface area contributed by atoms with Gasteiger partial charge in [-0.25, -0.2) is 0 Å². The van der Waals surface area contributed by atoms with E-state index in [0.29, 0.717) is 11.4 Å². The minimum atomic E-state index is -0.388. The van der Waals surface area contributed by atoms with Crippen LogP contribution in [0.15, 0.2) is 18.2 Å². The third-order valence-electron chi connectivity index (χ3n) is 2.52. The molecule has 0 fully saturated rings. The average molecular weight is 238 g/mol. The van der Waals surface area contributed by atoms with Crippen molar-refractivity contribution in [3.8, 4) is 5.75 Å². The van der Waals surface area contributed by atoms with Gasteiger partial charge in [0.25, 0.3) is 5.69 Å². The first kappa shape index (κ1) is 13.3. The van der Waals surface area contributed by atoms with E-state index in [4.69, 9.17) is 4.74 Å². The van der Waals surface area contributed by atoms with Crippen LogP contribution in [-0.2, 0) is 0 Å². The Balaban J connectivity index is 2.96. The van der Waals surface area contributed by atoms with Crippen molar-refractivity contribution in [1.29, 1.82) is 0 Å². The van der Waals surface area contributed by atoms with Crippen molar-refractivity contribution in [2.24, 2.45) is 0 Å². The SMILES string of the molecule is CCCC(C)Nc1cc(OC)ccc1[N+](=O)[O-]. The maximum absolute atomic E-state index is 10.9. The van der Waals surface area contributed by atoms with Crippen LogP contribution >= 0.6 is 0 Å². The van der Waals surface area contributed by atoms with Crippen molar-refractivity contribution in [3.05, 3.63) is 28.3 Å². The highest BCUT2D eigenvalue weighted by molar-refractivity contribution is 5.64. The van der Waals surface area contributed by atoms with Gasteiger partial charge in [-0.1, -0.05) is 13.3 Å². The van der Waals surface area contributed by atoms with Gasteiger partial charge in [-0.3, -0.25) is 10.1 Å². The number of hydrogen-bond donors (Lipinski definition) is 1. The van der Waals surface area contributed by atoms with Gasteiger partial charge in [-0.05, 0) is 19.4 Å². The molecular weight excluding hydrogens is 220 g/mol. The second-order valence-electron chi connectivity index (χ2n) is 3.97. The Kier molecular flexibility index (Phi) is 4.75. The van der Waals surface area contributed by atoms with E-state index >= 15 is 0 Å². The molecule has 17 heavy (non-hydrogen) atoms. The number of hydrogen-bond acceptors (Lipinski definition) is 4. The average Bonchev–Trinajstić information content (AvgIpc) is 2.28. The molecule has 1 atom stereocenters. The quantitative estimate of drug-likeness (QED) is 0.610. The zero-order valence-corrected chi connectivity index (χ0v) is 10.4. The van der Waals surface area contributed by atoms with Crippen LogP contribution in [0.1, 0.15) is 26.7 Å².